The molecule has 18 heavy (non-hydrogen) atoms. The number of carbonyl (C=O) groups excluding carboxylic acids is 1. The molecule has 1 heterocycles. The molecule has 0 radical (unpaired) electrons. The topological polar surface area (TPSA) is 85.4 Å². The van der Waals surface area contributed by atoms with Gasteiger partial charge in [0.15, 0.2) is 0 Å². The molecule has 0 aliphatic heterocycles. The minimum Gasteiger partial charge on any atom is -0.466 e. The molecule has 1 aromatic rings. The molecule has 0 aliphatic carbocycles. The van der Waals surface area contributed by atoms with Gasteiger partial charge in [0, 0.05) is 6.20 Å². The number of esters is 1. The van der Waals surface area contributed by atoms with E-state index in [2.05, 4.69) is 30.4 Å². The average molecular weight is 337 g/mol. The van der Waals surface area contributed by atoms with Crippen molar-refractivity contribution >= 4 is 37.6 Å². The van der Waals surface area contributed by atoms with Gasteiger partial charge >= 0.3 is 5.97 Å². The molecular formula is C10H13BrN2O4S. The fraction of sp³-hybridized carbons (Fsp3) is 0.400. The van der Waals surface area contributed by atoms with Crippen LogP contribution < -0.4 is 4.72 Å². The minimum atomic E-state index is -3.59. The van der Waals surface area contributed by atoms with Gasteiger partial charge in [-0.1, -0.05) is 0 Å². The third-order valence-electron chi connectivity index (χ3n) is 1.90. The Hall–Kier alpha value is -1.15. The van der Waals surface area contributed by atoms with E-state index in [0.29, 0.717) is 10.3 Å². The lowest BCUT2D eigenvalue weighted by atomic mass is 10.4. The number of carbonyl (C=O) groups is 1. The number of halogens is 1. The molecule has 0 aliphatic rings. The molecule has 100 valence electrons. The molecule has 0 bridgehead atoms. The largest absolute Gasteiger partial charge is 0.466 e. The van der Waals surface area contributed by atoms with Gasteiger partial charge in [-0.05, 0) is 35.0 Å². The lowest BCUT2D eigenvalue weighted by Crippen LogP contribution is -2.20. The molecule has 0 saturated heterocycles. The summed E-state index contributed by atoms with van der Waals surface area (Å²) in [7, 11) is -3.59. The van der Waals surface area contributed by atoms with Crippen LogP contribution in [0.25, 0.3) is 0 Å². The highest BCUT2D eigenvalue weighted by molar-refractivity contribution is 9.10. The maximum Gasteiger partial charge on any atom is 0.306 e. The first kappa shape index (κ1) is 14.9. The zero-order valence-corrected chi connectivity index (χ0v) is 12.1. The van der Waals surface area contributed by atoms with Crippen molar-refractivity contribution in [3.63, 3.8) is 0 Å². The van der Waals surface area contributed by atoms with Gasteiger partial charge in [0.2, 0.25) is 10.0 Å². The van der Waals surface area contributed by atoms with Crippen LogP contribution in [0.4, 0.5) is 5.69 Å². The lowest BCUT2D eigenvalue weighted by molar-refractivity contribution is -0.142. The van der Waals surface area contributed by atoms with Gasteiger partial charge in [-0.3, -0.25) is 9.52 Å². The van der Waals surface area contributed by atoms with Crippen molar-refractivity contribution in [1.82, 2.24) is 4.98 Å². The van der Waals surface area contributed by atoms with Gasteiger partial charge in [0.05, 0.1) is 24.5 Å². The summed E-state index contributed by atoms with van der Waals surface area (Å²) in [4.78, 5) is 15.0. The van der Waals surface area contributed by atoms with Crippen molar-refractivity contribution < 1.29 is 17.9 Å². The highest BCUT2D eigenvalue weighted by Crippen LogP contribution is 2.19. The number of hydrogen-bond acceptors (Lipinski definition) is 5. The van der Waals surface area contributed by atoms with Gasteiger partial charge in [0.25, 0.3) is 0 Å². The molecule has 0 spiro atoms. The summed E-state index contributed by atoms with van der Waals surface area (Å²) in [5, 5.41) is 0. The number of ether oxygens (including phenoxy) is 1. The van der Waals surface area contributed by atoms with Crippen molar-refractivity contribution in [2.24, 2.45) is 0 Å². The Kier molecular flexibility index (Phi) is 5.54. The van der Waals surface area contributed by atoms with Crippen LogP contribution in [0, 0.1) is 0 Å². The summed E-state index contributed by atoms with van der Waals surface area (Å²) >= 11 is 3.12. The highest BCUT2D eigenvalue weighted by Gasteiger charge is 2.15. The van der Waals surface area contributed by atoms with Crippen LogP contribution in [0.5, 0.6) is 0 Å². The lowest BCUT2D eigenvalue weighted by Gasteiger charge is -2.08. The van der Waals surface area contributed by atoms with Crippen molar-refractivity contribution in [2.45, 2.75) is 13.3 Å². The van der Waals surface area contributed by atoms with E-state index in [9.17, 15) is 13.2 Å². The first-order valence-electron chi connectivity index (χ1n) is 5.21. The molecule has 6 nitrogen and oxygen atoms in total. The van der Waals surface area contributed by atoms with E-state index < -0.39 is 16.0 Å². The smallest absolute Gasteiger partial charge is 0.306 e. The molecular weight excluding hydrogens is 324 g/mol. The monoisotopic (exact) mass is 336 g/mol. The molecule has 0 unspecified atom stereocenters. The molecule has 0 aromatic carbocycles. The summed E-state index contributed by atoms with van der Waals surface area (Å²) in [5.41, 5.74) is 0.335. The second kappa shape index (κ2) is 6.69. The van der Waals surface area contributed by atoms with Crippen molar-refractivity contribution in [3.05, 3.63) is 22.9 Å². The SMILES string of the molecule is CCOC(=O)CCS(=O)(=O)Nc1cccnc1Br. The summed E-state index contributed by atoms with van der Waals surface area (Å²) in [6.45, 7) is 1.90. The number of rotatable bonds is 6. The van der Waals surface area contributed by atoms with E-state index >= 15 is 0 Å². The van der Waals surface area contributed by atoms with E-state index in [-0.39, 0.29) is 18.8 Å². The Morgan fingerprint density at radius 2 is 2.28 bits per heavy atom. The van der Waals surface area contributed by atoms with Gasteiger partial charge < -0.3 is 4.74 Å². The quantitative estimate of drug-likeness (QED) is 0.629. The number of anilines is 1. The fourth-order valence-electron chi connectivity index (χ4n) is 1.13. The van der Waals surface area contributed by atoms with Gasteiger partial charge in [-0.25, -0.2) is 13.4 Å². The second-order valence-electron chi connectivity index (χ2n) is 3.32. The zero-order chi connectivity index (χ0) is 13.6. The number of hydrogen-bond donors (Lipinski definition) is 1. The summed E-state index contributed by atoms with van der Waals surface area (Å²) < 4.78 is 30.8. The van der Waals surface area contributed by atoms with Crippen LogP contribution in [0.1, 0.15) is 13.3 Å². The molecule has 0 saturated carbocycles. The Morgan fingerprint density at radius 1 is 1.56 bits per heavy atom. The molecule has 1 aromatic heterocycles. The number of nitrogens with zero attached hydrogens (tertiary/aromatic N) is 1. The Morgan fingerprint density at radius 3 is 2.89 bits per heavy atom. The van der Waals surface area contributed by atoms with Crippen molar-refractivity contribution in [1.29, 1.82) is 0 Å². The van der Waals surface area contributed by atoms with Crippen LogP contribution in [-0.4, -0.2) is 31.7 Å². The fourth-order valence-corrected chi connectivity index (χ4v) is 2.65. The maximum atomic E-state index is 11.7. The van der Waals surface area contributed by atoms with E-state index in [0.717, 1.165) is 0 Å². The minimum absolute atomic E-state index is 0.180. The molecule has 0 fully saturated rings. The number of pyridine rings is 1. The third kappa shape index (κ3) is 5.01. The predicted octanol–water partition coefficient (Wildman–Crippen LogP) is 1.54. The van der Waals surface area contributed by atoms with Crippen LogP contribution in [0.2, 0.25) is 0 Å². The van der Waals surface area contributed by atoms with Crippen molar-refractivity contribution in [3.8, 4) is 0 Å². The zero-order valence-electron chi connectivity index (χ0n) is 9.72. The van der Waals surface area contributed by atoms with Gasteiger partial charge in [0.1, 0.15) is 4.60 Å². The molecule has 1 rings (SSSR count). The standard InChI is InChI=1S/C10H13BrN2O4S/c1-2-17-9(14)5-7-18(15,16)13-8-4-3-6-12-10(8)11/h3-4,6,13H,2,5,7H2,1H3. The normalized spacial score (nSPS) is 11.0. The maximum absolute atomic E-state index is 11.7. The van der Waals surface area contributed by atoms with Crippen LogP contribution in [0.15, 0.2) is 22.9 Å². The third-order valence-corrected chi connectivity index (χ3v) is 3.81. The Labute approximate surface area is 114 Å². The van der Waals surface area contributed by atoms with E-state index in [1.807, 2.05) is 0 Å². The van der Waals surface area contributed by atoms with E-state index in [1.54, 1.807) is 19.1 Å². The van der Waals surface area contributed by atoms with Crippen LogP contribution in [-0.2, 0) is 19.6 Å². The van der Waals surface area contributed by atoms with Crippen LogP contribution in [0.3, 0.4) is 0 Å². The van der Waals surface area contributed by atoms with E-state index in [1.165, 1.54) is 6.20 Å². The number of sulfonamides is 1. The van der Waals surface area contributed by atoms with Crippen LogP contribution >= 0.6 is 15.9 Å². The summed E-state index contributed by atoms with van der Waals surface area (Å²) in [6.07, 6.45) is 1.35. The predicted molar refractivity (Wildman–Crippen MR) is 70.6 cm³/mol. The first-order valence-corrected chi connectivity index (χ1v) is 7.66. The second-order valence-corrected chi connectivity index (χ2v) is 5.91. The highest BCUT2D eigenvalue weighted by atomic mass is 79.9. The summed E-state index contributed by atoms with van der Waals surface area (Å²) in [6, 6.07) is 3.17. The van der Waals surface area contributed by atoms with Crippen molar-refractivity contribution in [2.75, 3.05) is 17.1 Å². The Bertz CT molecular complexity index is 518. The van der Waals surface area contributed by atoms with E-state index in [4.69, 9.17) is 0 Å². The first-order chi connectivity index (χ1) is 8.44. The summed E-state index contributed by atoms with van der Waals surface area (Å²) in [5.74, 6) is -0.860. The molecule has 1 N–H and O–H groups in total. The van der Waals surface area contributed by atoms with Gasteiger partial charge in [-0.2, -0.15) is 0 Å². The average Bonchev–Trinajstić information content (AvgIpc) is 2.30. The molecule has 8 heteroatoms. The number of nitrogens with one attached hydrogen (secondary N) is 1. The number of aromatic nitrogens is 1. The Balaban J connectivity index is 2.60. The molecule has 0 amide bonds. The molecule has 0 atom stereocenters. The van der Waals surface area contributed by atoms with Gasteiger partial charge in [-0.15, -0.1) is 0 Å².